The summed E-state index contributed by atoms with van der Waals surface area (Å²) in [7, 11) is 1.37. The summed E-state index contributed by atoms with van der Waals surface area (Å²) in [5.74, 6) is -0.114. The number of aromatic amines is 1. The lowest BCUT2D eigenvalue weighted by Crippen LogP contribution is -2.51. The van der Waals surface area contributed by atoms with Gasteiger partial charge in [-0.15, -0.1) is 0 Å². The molecular weight excluding hydrogens is 753 g/mol. The molecule has 0 unspecified atom stereocenters. The molecule has 302 valence electrons. The summed E-state index contributed by atoms with van der Waals surface area (Å²) in [4.78, 5) is 51.5. The van der Waals surface area contributed by atoms with Crippen LogP contribution in [0.1, 0.15) is 49.4 Å². The van der Waals surface area contributed by atoms with E-state index >= 15 is 4.79 Å². The van der Waals surface area contributed by atoms with Crippen LogP contribution in [-0.4, -0.2) is 52.4 Å². The van der Waals surface area contributed by atoms with E-state index in [1.807, 2.05) is 163 Å². The van der Waals surface area contributed by atoms with Crippen molar-refractivity contribution in [1.82, 2.24) is 20.2 Å². The Balaban J connectivity index is 1.32. The lowest BCUT2D eigenvalue weighted by Gasteiger charge is -2.46. The van der Waals surface area contributed by atoms with Crippen LogP contribution in [0.2, 0.25) is 0 Å². The van der Waals surface area contributed by atoms with E-state index < -0.39 is 23.6 Å². The average Bonchev–Trinajstić information content (AvgIpc) is 3.83. The Hall–Kier alpha value is -7.30. The molecule has 0 aliphatic rings. The standard InChI is InChI=1S/C50H46N4O6/c1-58-47(55)33-54(32-37-26-28-43(29-27-37)59-34-38-16-6-2-7-17-38)50(40-20-10-4-11-21-40,41-22-12-5-13-23-41)45-25-15-14-24-44(45)48(56)46(30-42-31-51-36-52-42)53-49(57)60-35-39-18-8-3-9-19-39/h2-29,31,36,46H,30,32-35H2,1H3,(H,51,52)(H,53,57)/t46-/m0/s1. The molecule has 1 aromatic heterocycles. The molecule has 10 nitrogen and oxygen atoms in total. The Morgan fingerprint density at radius 1 is 0.683 bits per heavy atom. The molecule has 7 rings (SSSR count). The van der Waals surface area contributed by atoms with Crippen molar-refractivity contribution in [3.8, 4) is 5.75 Å². The third kappa shape index (κ3) is 9.86. The van der Waals surface area contributed by atoms with Gasteiger partial charge in [-0.2, -0.15) is 0 Å². The number of nitrogens with zero attached hydrogens (tertiary/aromatic N) is 2. The summed E-state index contributed by atoms with van der Waals surface area (Å²) >= 11 is 0. The van der Waals surface area contributed by atoms with Crippen LogP contribution in [0.5, 0.6) is 5.75 Å². The van der Waals surface area contributed by atoms with E-state index in [-0.39, 0.29) is 31.9 Å². The number of hydrogen-bond acceptors (Lipinski definition) is 8. The molecule has 0 aliphatic heterocycles. The Bertz CT molecular complexity index is 2390. The fraction of sp³-hybridized carbons (Fsp3) is 0.160. The highest BCUT2D eigenvalue weighted by molar-refractivity contribution is 6.03. The number of ketones is 1. The maximum absolute atomic E-state index is 15.2. The van der Waals surface area contributed by atoms with Gasteiger partial charge in [0, 0.05) is 30.4 Å². The third-order valence-electron chi connectivity index (χ3n) is 10.3. The summed E-state index contributed by atoms with van der Waals surface area (Å²) in [6.45, 7) is 0.576. The molecule has 1 atom stereocenters. The van der Waals surface area contributed by atoms with Gasteiger partial charge in [0.2, 0.25) is 0 Å². The van der Waals surface area contributed by atoms with E-state index in [9.17, 15) is 9.59 Å². The van der Waals surface area contributed by atoms with Gasteiger partial charge in [0.25, 0.3) is 0 Å². The number of benzene rings is 6. The van der Waals surface area contributed by atoms with Crippen LogP contribution in [0.3, 0.4) is 0 Å². The highest BCUT2D eigenvalue weighted by Gasteiger charge is 2.46. The maximum atomic E-state index is 15.2. The minimum absolute atomic E-state index is 0.0297. The molecule has 0 radical (unpaired) electrons. The van der Waals surface area contributed by atoms with E-state index in [1.165, 1.54) is 13.4 Å². The zero-order valence-electron chi connectivity index (χ0n) is 33.3. The number of Topliss-reactive ketones (excluding diaryl/α,β-unsaturated/α-hetero) is 1. The number of imidazole rings is 1. The van der Waals surface area contributed by atoms with Gasteiger partial charge in [-0.3, -0.25) is 14.5 Å². The Labute approximate surface area is 349 Å². The van der Waals surface area contributed by atoms with Crippen molar-refractivity contribution < 1.29 is 28.6 Å². The second kappa shape index (κ2) is 19.9. The maximum Gasteiger partial charge on any atom is 0.408 e. The van der Waals surface area contributed by atoms with Crippen LogP contribution in [0.15, 0.2) is 182 Å². The molecule has 0 bridgehead atoms. The largest absolute Gasteiger partial charge is 0.489 e. The van der Waals surface area contributed by atoms with Crippen molar-refractivity contribution in [2.45, 2.75) is 37.8 Å². The predicted octanol–water partition coefficient (Wildman–Crippen LogP) is 8.68. The molecule has 0 fully saturated rings. The second-order valence-corrected chi connectivity index (χ2v) is 14.2. The van der Waals surface area contributed by atoms with Crippen molar-refractivity contribution in [2.24, 2.45) is 0 Å². The molecule has 0 saturated heterocycles. The number of rotatable bonds is 18. The first-order valence-electron chi connectivity index (χ1n) is 19.7. The molecule has 10 heteroatoms. The third-order valence-corrected chi connectivity index (χ3v) is 10.3. The van der Waals surface area contributed by atoms with E-state index in [4.69, 9.17) is 14.2 Å². The molecule has 0 saturated carbocycles. The predicted molar refractivity (Wildman–Crippen MR) is 229 cm³/mol. The summed E-state index contributed by atoms with van der Waals surface area (Å²) in [5, 5.41) is 2.86. The summed E-state index contributed by atoms with van der Waals surface area (Å²) in [5.41, 5.74) is 4.72. The van der Waals surface area contributed by atoms with Crippen molar-refractivity contribution >= 4 is 17.8 Å². The fourth-order valence-corrected chi connectivity index (χ4v) is 7.47. The minimum Gasteiger partial charge on any atom is -0.489 e. The van der Waals surface area contributed by atoms with Crippen LogP contribution in [0.25, 0.3) is 0 Å². The SMILES string of the molecule is COC(=O)CN(Cc1ccc(OCc2ccccc2)cc1)C(c1ccccc1)(c1ccccc1)c1ccccc1C(=O)[C@H](Cc1cnc[nH]1)NC(=O)OCc1ccccc1. The first kappa shape index (κ1) is 40.9. The van der Waals surface area contributed by atoms with Crippen molar-refractivity contribution in [3.63, 3.8) is 0 Å². The number of carbonyl (C=O) groups is 3. The average molecular weight is 799 g/mol. The quantitative estimate of drug-likeness (QED) is 0.0503. The van der Waals surface area contributed by atoms with Gasteiger partial charge >= 0.3 is 12.1 Å². The zero-order chi connectivity index (χ0) is 41.6. The molecule has 1 heterocycles. The molecule has 60 heavy (non-hydrogen) atoms. The minimum atomic E-state index is -1.25. The fourth-order valence-electron chi connectivity index (χ4n) is 7.47. The van der Waals surface area contributed by atoms with Crippen LogP contribution in [-0.2, 0) is 46.0 Å². The number of H-pyrrole nitrogens is 1. The highest BCUT2D eigenvalue weighted by atomic mass is 16.5. The number of alkyl carbamates (subject to hydrolysis) is 1. The first-order valence-corrected chi connectivity index (χ1v) is 19.7. The zero-order valence-corrected chi connectivity index (χ0v) is 33.3. The number of methoxy groups -OCH3 is 1. The molecule has 2 N–H and O–H groups in total. The van der Waals surface area contributed by atoms with Gasteiger partial charge in [-0.1, -0.05) is 158 Å². The number of amides is 1. The normalized spacial score (nSPS) is 11.7. The van der Waals surface area contributed by atoms with Gasteiger partial charge in [0.1, 0.15) is 25.0 Å². The van der Waals surface area contributed by atoms with Crippen molar-refractivity contribution in [2.75, 3.05) is 13.7 Å². The first-order chi connectivity index (χ1) is 29.4. The van der Waals surface area contributed by atoms with Gasteiger partial charge in [0.05, 0.1) is 25.5 Å². The van der Waals surface area contributed by atoms with Crippen LogP contribution < -0.4 is 10.1 Å². The van der Waals surface area contributed by atoms with E-state index in [0.717, 1.165) is 27.8 Å². The van der Waals surface area contributed by atoms with E-state index in [1.54, 1.807) is 18.3 Å². The number of nitrogens with one attached hydrogen (secondary N) is 2. The molecule has 6 aromatic carbocycles. The molecule has 0 aliphatic carbocycles. The number of ether oxygens (including phenoxy) is 3. The number of carbonyl (C=O) groups excluding carboxylic acids is 3. The van der Waals surface area contributed by atoms with Crippen LogP contribution >= 0.6 is 0 Å². The van der Waals surface area contributed by atoms with Crippen molar-refractivity contribution in [1.29, 1.82) is 0 Å². The van der Waals surface area contributed by atoms with Crippen molar-refractivity contribution in [3.05, 3.63) is 227 Å². The molecule has 7 aromatic rings. The highest BCUT2D eigenvalue weighted by Crippen LogP contribution is 2.45. The second-order valence-electron chi connectivity index (χ2n) is 14.2. The van der Waals surface area contributed by atoms with E-state index in [2.05, 4.69) is 15.3 Å². The number of esters is 1. The summed E-state index contributed by atoms with van der Waals surface area (Å²) < 4.78 is 17.1. The summed E-state index contributed by atoms with van der Waals surface area (Å²) in [6, 6.07) is 53.0. The molecule has 1 amide bonds. The Kier molecular flexibility index (Phi) is 13.6. The van der Waals surface area contributed by atoms with Gasteiger partial charge in [-0.05, 0) is 45.5 Å². The topological polar surface area (TPSA) is 123 Å². The monoisotopic (exact) mass is 798 g/mol. The molecule has 0 spiro atoms. The molecular formula is C50H46N4O6. The Morgan fingerprint density at radius 2 is 1.25 bits per heavy atom. The van der Waals surface area contributed by atoms with Crippen LogP contribution in [0, 0.1) is 0 Å². The number of hydrogen-bond donors (Lipinski definition) is 2. The van der Waals surface area contributed by atoms with Gasteiger partial charge in [0.15, 0.2) is 5.78 Å². The van der Waals surface area contributed by atoms with Gasteiger partial charge in [-0.25, -0.2) is 9.78 Å². The van der Waals surface area contributed by atoms with Gasteiger partial charge < -0.3 is 24.5 Å². The Morgan fingerprint density at radius 3 is 1.83 bits per heavy atom. The smallest absolute Gasteiger partial charge is 0.408 e. The van der Waals surface area contributed by atoms with E-state index in [0.29, 0.717) is 29.2 Å². The lowest BCUT2D eigenvalue weighted by molar-refractivity contribution is -0.143. The van der Waals surface area contributed by atoms with Crippen LogP contribution in [0.4, 0.5) is 4.79 Å². The lowest BCUT2D eigenvalue weighted by atomic mass is 9.72. The number of aromatic nitrogens is 2. The summed E-state index contributed by atoms with van der Waals surface area (Å²) in [6.07, 6.45) is 2.52.